The lowest BCUT2D eigenvalue weighted by molar-refractivity contribution is 0.0969. The van der Waals surface area contributed by atoms with Gasteiger partial charge in [0.1, 0.15) is 0 Å². The van der Waals surface area contributed by atoms with E-state index in [0.717, 1.165) is 17.5 Å². The molecule has 0 N–H and O–H groups in total. The van der Waals surface area contributed by atoms with Crippen molar-refractivity contribution in [2.75, 3.05) is 0 Å². The zero-order valence-corrected chi connectivity index (χ0v) is 12.0. The molecule has 0 amide bonds. The average Bonchev–Trinajstić information content (AvgIpc) is 2.70. The summed E-state index contributed by atoms with van der Waals surface area (Å²) in [6.45, 7) is 9.34. The first-order chi connectivity index (χ1) is 9.52. The third-order valence-electron chi connectivity index (χ3n) is 3.24. The van der Waals surface area contributed by atoms with Gasteiger partial charge in [0.25, 0.3) is 5.91 Å². The minimum absolute atomic E-state index is 0.330. The summed E-state index contributed by atoms with van der Waals surface area (Å²) in [5.74, 6) is -0.330. The summed E-state index contributed by atoms with van der Waals surface area (Å²) in [6.07, 6.45) is 3.78. The van der Waals surface area contributed by atoms with Crippen LogP contribution < -0.4 is 5.69 Å². The SMILES string of the molecule is C=C(C)n1c(=O)n(C(=O)C=CC)c2c(CC)cccc21. The molecule has 4 heteroatoms. The summed E-state index contributed by atoms with van der Waals surface area (Å²) in [6, 6.07) is 5.67. The van der Waals surface area contributed by atoms with E-state index in [2.05, 4.69) is 6.58 Å². The minimum Gasteiger partial charge on any atom is -0.269 e. The fourth-order valence-electron chi connectivity index (χ4n) is 2.39. The van der Waals surface area contributed by atoms with Gasteiger partial charge in [-0.2, -0.15) is 0 Å². The molecule has 0 fully saturated rings. The van der Waals surface area contributed by atoms with E-state index < -0.39 is 0 Å². The highest BCUT2D eigenvalue weighted by molar-refractivity contribution is 5.98. The van der Waals surface area contributed by atoms with E-state index in [1.165, 1.54) is 15.2 Å². The van der Waals surface area contributed by atoms with Gasteiger partial charge in [0, 0.05) is 5.70 Å². The molecule has 0 radical (unpaired) electrons. The fourth-order valence-corrected chi connectivity index (χ4v) is 2.39. The second-order valence-corrected chi connectivity index (χ2v) is 4.67. The Morgan fingerprint density at radius 3 is 2.60 bits per heavy atom. The molecular weight excluding hydrogens is 252 g/mol. The van der Waals surface area contributed by atoms with E-state index in [-0.39, 0.29) is 11.6 Å². The number of carbonyl (C=O) groups is 1. The quantitative estimate of drug-likeness (QED) is 0.804. The molecule has 2 aromatic rings. The number of fused-ring (bicyclic) bond motifs is 1. The van der Waals surface area contributed by atoms with Crippen molar-refractivity contribution in [2.24, 2.45) is 0 Å². The highest BCUT2D eigenvalue weighted by Crippen LogP contribution is 2.21. The molecule has 104 valence electrons. The lowest BCUT2D eigenvalue weighted by Crippen LogP contribution is -2.27. The molecule has 0 aliphatic carbocycles. The van der Waals surface area contributed by atoms with Crippen molar-refractivity contribution in [3.8, 4) is 0 Å². The monoisotopic (exact) mass is 270 g/mol. The first-order valence-electron chi connectivity index (χ1n) is 6.61. The molecular formula is C16H18N2O2. The Bertz CT molecular complexity index is 776. The maximum absolute atomic E-state index is 12.5. The number of allylic oxidation sites excluding steroid dienone is 3. The van der Waals surface area contributed by atoms with E-state index in [1.54, 1.807) is 19.9 Å². The van der Waals surface area contributed by atoms with Crippen molar-refractivity contribution in [1.82, 2.24) is 9.13 Å². The second kappa shape index (κ2) is 5.33. The zero-order valence-electron chi connectivity index (χ0n) is 12.0. The van der Waals surface area contributed by atoms with E-state index in [0.29, 0.717) is 11.2 Å². The van der Waals surface area contributed by atoms with E-state index in [1.807, 2.05) is 25.1 Å². The first kappa shape index (κ1) is 14.1. The molecule has 1 heterocycles. The number of aromatic nitrogens is 2. The van der Waals surface area contributed by atoms with Crippen LogP contribution in [0.2, 0.25) is 0 Å². The lowest BCUT2D eigenvalue weighted by atomic mass is 10.1. The number of hydrogen-bond acceptors (Lipinski definition) is 2. The molecule has 0 unspecified atom stereocenters. The van der Waals surface area contributed by atoms with Crippen LogP contribution in [0.4, 0.5) is 0 Å². The molecule has 0 bridgehead atoms. The topological polar surface area (TPSA) is 44.0 Å². The van der Waals surface area contributed by atoms with Gasteiger partial charge in [-0.15, -0.1) is 0 Å². The summed E-state index contributed by atoms with van der Waals surface area (Å²) < 4.78 is 2.71. The largest absolute Gasteiger partial charge is 0.340 e. The van der Waals surface area contributed by atoms with Gasteiger partial charge in [0.15, 0.2) is 0 Å². The average molecular weight is 270 g/mol. The Kier molecular flexibility index (Phi) is 3.74. The molecule has 0 saturated carbocycles. The zero-order chi connectivity index (χ0) is 14.9. The van der Waals surface area contributed by atoms with Crippen molar-refractivity contribution < 1.29 is 4.79 Å². The molecule has 1 aromatic heterocycles. The van der Waals surface area contributed by atoms with Crippen molar-refractivity contribution in [3.05, 3.63) is 53.0 Å². The van der Waals surface area contributed by atoms with Gasteiger partial charge in [-0.05, 0) is 38.0 Å². The highest BCUT2D eigenvalue weighted by atomic mass is 16.2. The number of nitrogens with zero attached hydrogens (tertiary/aromatic N) is 2. The maximum atomic E-state index is 12.5. The molecule has 0 aliphatic rings. The second-order valence-electron chi connectivity index (χ2n) is 4.67. The smallest absolute Gasteiger partial charge is 0.269 e. The molecule has 0 spiro atoms. The van der Waals surface area contributed by atoms with Crippen LogP contribution in [0.1, 0.15) is 31.1 Å². The molecule has 4 nitrogen and oxygen atoms in total. The summed E-state index contributed by atoms with van der Waals surface area (Å²) in [5, 5.41) is 0. The summed E-state index contributed by atoms with van der Waals surface area (Å²) in [4.78, 5) is 24.7. The minimum atomic E-state index is -0.364. The van der Waals surface area contributed by atoms with Crippen LogP contribution in [0.3, 0.4) is 0 Å². The van der Waals surface area contributed by atoms with E-state index in [9.17, 15) is 9.59 Å². The maximum Gasteiger partial charge on any atom is 0.340 e. The standard InChI is InChI=1S/C16H18N2O2/c1-5-8-14(19)18-15-12(6-2)9-7-10-13(15)17(11(3)4)16(18)20/h5,7-10H,3,6H2,1-2,4H3. The third kappa shape index (κ3) is 2.03. The Morgan fingerprint density at radius 2 is 2.05 bits per heavy atom. The van der Waals surface area contributed by atoms with Crippen molar-refractivity contribution in [1.29, 1.82) is 0 Å². The van der Waals surface area contributed by atoms with Crippen molar-refractivity contribution >= 4 is 22.6 Å². The number of carbonyl (C=O) groups excluding carboxylic acids is 1. The molecule has 0 saturated heterocycles. The third-order valence-corrected chi connectivity index (χ3v) is 3.24. The number of para-hydroxylation sites is 1. The highest BCUT2D eigenvalue weighted by Gasteiger charge is 2.19. The van der Waals surface area contributed by atoms with Crippen molar-refractivity contribution in [2.45, 2.75) is 27.2 Å². The predicted octanol–water partition coefficient (Wildman–Crippen LogP) is 3.07. The summed E-state index contributed by atoms with van der Waals surface area (Å²) >= 11 is 0. The summed E-state index contributed by atoms with van der Waals surface area (Å²) in [7, 11) is 0. The normalized spacial score (nSPS) is 11.3. The van der Waals surface area contributed by atoms with E-state index >= 15 is 0 Å². The van der Waals surface area contributed by atoms with Gasteiger partial charge in [-0.1, -0.05) is 31.7 Å². The number of hydrogen-bond donors (Lipinski definition) is 0. The molecule has 1 aromatic carbocycles. The van der Waals surface area contributed by atoms with Crippen LogP contribution in [-0.4, -0.2) is 15.0 Å². The Balaban J connectivity index is 2.99. The molecule has 0 atom stereocenters. The van der Waals surface area contributed by atoms with Crippen LogP contribution in [0.15, 0.2) is 41.7 Å². The Labute approximate surface area is 117 Å². The first-order valence-corrected chi connectivity index (χ1v) is 6.61. The molecule has 0 aliphatic heterocycles. The van der Waals surface area contributed by atoms with Crippen LogP contribution in [0.25, 0.3) is 16.7 Å². The Hall–Kier alpha value is -2.36. The molecule has 2 rings (SSSR count). The van der Waals surface area contributed by atoms with Gasteiger partial charge in [0.05, 0.1) is 11.0 Å². The number of benzene rings is 1. The molecule has 20 heavy (non-hydrogen) atoms. The number of rotatable bonds is 3. The lowest BCUT2D eigenvalue weighted by Gasteiger charge is -2.03. The van der Waals surface area contributed by atoms with E-state index in [4.69, 9.17) is 0 Å². The van der Waals surface area contributed by atoms with Crippen LogP contribution in [-0.2, 0) is 6.42 Å². The number of imidazole rings is 1. The Morgan fingerprint density at radius 1 is 1.35 bits per heavy atom. The fraction of sp³-hybridized carbons (Fsp3) is 0.250. The summed E-state index contributed by atoms with van der Waals surface area (Å²) in [5.41, 5.74) is 2.60. The predicted molar refractivity (Wildman–Crippen MR) is 82.0 cm³/mol. The number of aryl methyl sites for hydroxylation is 1. The van der Waals surface area contributed by atoms with Gasteiger partial charge >= 0.3 is 5.69 Å². The van der Waals surface area contributed by atoms with Crippen molar-refractivity contribution in [3.63, 3.8) is 0 Å². The van der Waals surface area contributed by atoms with Gasteiger partial charge in [-0.3, -0.25) is 9.36 Å². The van der Waals surface area contributed by atoms with Gasteiger partial charge in [-0.25, -0.2) is 9.36 Å². The van der Waals surface area contributed by atoms with Crippen LogP contribution >= 0.6 is 0 Å². The van der Waals surface area contributed by atoms with Gasteiger partial charge in [0.2, 0.25) is 0 Å². The van der Waals surface area contributed by atoms with Gasteiger partial charge < -0.3 is 0 Å². The van der Waals surface area contributed by atoms with Crippen LogP contribution in [0.5, 0.6) is 0 Å². The van der Waals surface area contributed by atoms with Crippen LogP contribution in [0, 0.1) is 0 Å².